The molecule has 4 rings (SSSR count). The van der Waals surface area contributed by atoms with Crippen LogP contribution in [0.25, 0.3) is 0 Å². The molecule has 3 unspecified atom stereocenters. The molecule has 1 aromatic heterocycles. The Morgan fingerprint density at radius 3 is 2.68 bits per heavy atom. The molecule has 28 heavy (non-hydrogen) atoms. The van der Waals surface area contributed by atoms with Gasteiger partial charge in [0.1, 0.15) is 5.03 Å². The van der Waals surface area contributed by atoms with Crippen LogP contribution < -0.4 is 5.32 Å². The van der Waals surface area contributed by atoms with Gasteiger partial charge in [0, 0.05) is 30.5 Å². The molecular formula is C23H26N2O2S. The number of pyridine rings is 1. The monoisotopic (exact) mass is 394 g/mol. The minimum Gasteiger partial charge on any atom is -0.352 e. The molecule has 1 heterocycles. The van der Waals surface area contributed by atoms with Crippen molar-refractivity contribution in [1.82, 2.24) is 10.3 Å². The summed E-state index contributed by atoms with van der Waals surface area (Å²) in [6.07, 6.45) is 7.45. The number of nitrogens with zero attached hydrogens (tertiary/aromatic N) is 1. The van der Waals surface area contributed by atoms with Gasteiger partial charge in [-0.1, -0.05) is 36.8 Å². The molecule has 0 aliphatic heterocycles. The van der Waals surface area contributed by atoms with Gasteiger partial charge in [0.25, 0.3) is 5.91 Å². The van der Waals surface area contributed by atoms with E-state index < -0.39 is 0 Å². The van der Waals surface area contributed by atoms with Crippen molar-refractivity contribution in [1.29, 1.82) is 0 Å². The zero-order valence-corrected chi connectivity index (χ0v) is 16.8. The van der Waals surface area contributed by atoms with E-state index in [1.807, 2.05) is 36.4 Å². The zero-order chi connectivity index (χ0) is 19.3. The Labute approximate surface area is 170 Å². The molecule has 1 amide bonds. The van der Waals surface area contributed by atoms with Gasteiger partial charge in [-0.05, 0) is 49.1 Å². The van der Waals surface area contributed by atoms with Crippen molar-refractivity contribution in [2.75, 3.05) is 12.3 Å². The van der Waals surface area contributed by atoms with Gasteiger partial charge in [-0.3, -0.25) is 9.59 Å². The van der Waals surface area contributed by atoms with Gasteiger partial charge in [-0.2, -0.15) is 0 Å². The van der Waals surface area contributed by atoms with Gasteiger partial charge in [-0.15, -0.1) is 11.8 Å². The van der Waals surface area contributed by atoms with E-state index in [1.165, 1.54) is 37.4 Å². The first-order valence-corrected chi connectivity index (χ1v) is 11.1. The van der Waals surface area contributed by atoms with E-state index in [1.54, 1.807) is 12.3 Å². The molecule has 5 heteroatoms. The number of carbonyl (C=O) groups excluding carboxylic acids is 2. The van der Waals surface area contributed by atoms with Crippen molar-refractivity contribution >= 4 is 23.5 Å². The number of amides is 1. The Kier molecular flexibility index (Phi) is 6.10. The minimum atomic E-state index is -0.0484. The van der Waals surface area contributed by atoms with Gasteiger partial charge in [0.2, 0.25) is 0 Å². The second-order valence-corrected chi connectivity index (χ2v) is 8.97. The highest BCUT2D eigenvalue weighted by Gasteiger charge is 2.39. The molecule has 0 spiro atoms. The van der Waals surface area contributed by atoms with Crippen molar-refractivity contribution in [2.24, 2.45) is 17.8 Å². The molecule has 4 nitrogen and oxygen atoms in total. The fourth-order valence-electron chi connectivity index (χ4n) is 4.63. The Balaban J connectivity index is 1.30. The molecule has 146 valence electrons. The smallest absolute Gasteiger partial charge is 0.254 e. The molecule has 0 radical (unpaired) electrons. The molecule has 2 bridgehead atoms. The van der Waals surface area contributed by atoms with E-state index in [0.29, 0.717) is 28.7 Å². The summed E-state index contributed by atoms with van der Waals surface area (Å²) in [5, 5.41) is 3.83. The number of carbonyl (C=O) groups is 2. The quantitative estimate of drug-likeness (QED) is 0.525. The van der Waals surface area contributed by atoms with E-state index in [-0.39, 0.29) is 11.7 Å². The normalized spacial score (nSPS) is 22.9. The summed E-state index contributed by atoms with van der Waals surface area (Å²) < 4.78 is 0. The summed E-state index contributed by atoms with van der Waals surface area (Å²) in [5.74, 6) is 3.01. The van der Waals surface area contributed by atoms with Gasteiger partial charge in [0.15, 0.2) is 5.78 Å². The largest absolute Gasteiger partial charge is 0.352 e. The molecule has 1 aromatic carbocycles. The number of nitrogens with one attached hydrogen (secondary N) is 1. The second-order valence-electron chi connectivity index (χ2n) is 7.89. The molecule has 2 saturated carbocycles. The maximum atomic E-state index is 12.7. The summed E-state index contributed by atoms with van der Waals surface area (Å²) in [7, 11) is 0. The van der Waals surface area contributed by atoms with Crippen LogP contribution in [0.2, 0.25) is 0 Å². The molecular weight excluding hydrogens is 368 g/mol. The molecule has 2 aromatic rings. The molecule has 3 atom stereocenters. The van der Waals surface area contributed by atoms with Crippen molar-refractivity contribution in [3.05, 3.63) is 59.8 Å². The van der Waals surface area contributed by atoms with Gasteiger partial charge in [-0.25, -0.2) is 4.98 Å². The fraction of sp³-hybridized carbons (Fsp3) is 0.435. The van der Waals surface area contributed by atoms with E-state index in [4.69, 9.17) is 0 Å². The Morgan fingerprint density at radius 2 is 1.93 bits per heavy atom. The molecule has 0 saturated heterocycles. The highest BCUT2D eigenvalue weighted by molar-refractivity contribution is 7.99. The Morgan fingerprint density at radius 1 is 1.07 bits per heavy atom. The van der Waals surface area contributed by atoms with Crippen LogP contribution in [0, 0.1) is 17.8 Å². The predicted molar refractivity (Wildman–Crippen MR) is 112 cm³/mol. The third-order valence-electron chi connectivity index (χ3n) is 6.09. The van der Waals surface area contributed by atoms with Crippen molar-refractivity contribution < 1.29 is 9.59 Å². The van der Waals surface area contributed by atoms with Crippen LogP contribution in [0.5, 0.6) is 0 Å². The van der Waals surface area contributed by atoms with Crippen LogP contribution in [-0.4, -0.2) is 29.0 Å². The summed E-state index contributed by atoms with van der Waals surface area (Å²) in [4.78, 5) is 29.3. The molecule has 2 fully saturated rings. The summed E-state index contributed by atoms with van der Waals surface area (Å²) in [6, 6.07) is 12.9. The summed E-state index contributed by atoms with van der Waals surface area (Å²) in [5.41, 5.74) is 1.34. The first-order valence-electron chi connectivity index (χ1n) is 10.1. The number of rotatable bonds is 8. The standard InChI is InChI=1S/C23H26N2O2S/c26-21(17-5-2-1-3-6-17)10-12-28-23-20(7-4-11-24-23)22(27)25-15-19-14-16-8-9-18(19)13-16/h1-7,11,16,18-19H,8-10,12-15H2,(H,25,27). The van der Waals surface area contributed by atoms with Gasteiger partial charge < -0.3 is 5.32 Å². The van der Waals surface area contributed by atoms with E-state index in [9.17, 15) is 9.59 Å². The third-order valence-corrected chi connectivity index (χ3v) is 7.10. The van der Waals surface area contributed by atoms with Crippen molar-refractivity contribution in [3.63, 3.8) is 0 Å². The Hall–Kier alpha value is -2.14. The zero-order valence-electron chi connectivity index (χ0n) is 16.0. The molecule has 1 N–H and O–H groups in total. The van der Waals surface area contributed by atoms with Crippen molar-refractivity contribution in [3.8, 4) is 0 Å². The lowest BCUT2D eigenvalue weighted by Crippen LogP contribution is -2.32. The second kappa shape index (κ2) is 8.91. The average Bonchev–Trinajstić information content (AvgIpc) is 3.36. The average molecular weight is 395 g/mol. The lowest BCUT2D eigenvalue weighted by Gasteiger charge is -2.22. The number of aromatic nitrogens is 1. The number of Topliss-reactive ketones (excluding diaryl/α,β-unsaturated/α-hetero) is 1. The number of hydrogen-bond acceptors (Lipinski definition) is 4. The lowest BCUT2D eigenvalue weighted by atomic mass is 9.89. The number of ketones is 1. The summed E-state index contributed by atoms with van der Waals surface area (Å²) in [6.45, 7) is 0.769. The van der Waals surface area contributed by atoms with E-state index >= 15 is 0 Å². The third kappa shape index (κ3) is 4.46. The van der Waals surface area contributed by atoms with Gasteiger partial charge in [0.05, 0.1) is 5.56 Å². The van der Waals surface area contributed by atoms with E-state index in [2.05, 4.69) is 10.3 Å². The van der Waals surface area contributed by atoms with Crippen LogP contribution in [0.4, 0.5) is 0 Å². The summed E-state index contributed by atoms with van der Waals surface area (Å²) >= 11 is 1.48. The number of benzene rings is 1. The van der Waals surface area contributed by atoms with Crippen LogP contribution in [0.1, 0.15) is 52.8 Å². The predicted octanol–water partition coefficient (Wildman–Crippen LogP) is 4.61. The number of thioether (sulfide) groups is 1. The molecule has 2 aliphatic carbocycles. The van der Waals surface area contributed by atoms with E-state index in [0.717, 1.165) is 23.9 Å². The maximum absolute atomic E-state index is 12.7. The number of hydrogen-bond donors (Lipinski definition) is 1. The maximum Gasteiger partial charge on any atom is 0.254 e. The highest BCUT2D eigenvalue weighted by Crippen LogP contribution is 2.47. The van der Waals surface area contributed by atoms with Crippen LogP contribution in [0.15, 0.2) is 53.7 Å². The minimum absolute atomic E-state index is 0.0484. The molecule has 2 aliphatic rings. The first kappa shape index (κ1) is 19.2. The van der Waals surface area contributed by atoms with Crippen LogP contribution in [0.3, 0.4) is 0 Å². The highest BCUT2D eigenvalue weighted by atomic mass is 32.2. The Bertz CT molecular complexity index is 840. The van der Waals surface area contributed by atoms with Crippen LogP contribution >= 0.6 is 11.8 Å². The first-order chi connectivity index (χ1) is 13.7. The lowest BCUT2D eigenvalue weighted by molar-refractivity contribution is 0.0937. The van der Waals surface area contributed by atoms with Crippen LogP contribution in [-0.2, 0) is 0 Å². The van der Waals surface area contributed by atoms with Crippen molar-refractivity contribution in [2.45, 2.75) is 37.1 Å². The SMILES string of the molecule is O=C(CCSc1ncccc1C(=O)NCC1CC2CCC1C2)c1ccccc1. The van der Waals surface area contributed by atoms with Gasteiger partial charge >= 0.3 is 0 Å². The number of fused-ring (bicyclic) bond motifs is 2. The topological polar surface area (TPSA) is 59.1 Å². The fourth-order valence-corrected chi connectivity index (χ4v) is 5.57.